The first-order valence-electron chi connectivity index (χ1n) is 12.5. The van der Waals surface area contributed by atoms with E-state index in [2.05, 4.69) is 20.3 Å². The second-order valence-corrected chi connectivity index (χ2v) is 12.4. The fourth-order valence-corrected chi connectivity index (χ4v) is 5.23. The van der Waals surface area contributed by atoms with Crippen LogP contribution >= 0.6 is 0 Å². The van der Waals surface area contributed by atoms with Crippen LogP contribution in [0.4, 0.5) is 0 Å². The van der Waals surface area contributed by atoms with Crippen LogP contribution in [-0.4, -0.2) is 83.8 Å². The molecular formula is C26H34N6O4S. The van der Waals surface area contributed by atoms with Crippen LogP contribution < -0.4 is 5.32 Å². The van der Waals surface area contributed by atoms with Crippen LogP contribution in [0.1, 0.15) is 56.2 Å². The molecule has 1 atom stereocenters. The second-order valence-electron chi connectivity index (χ2n) is 10.1. The van der Waals surface area contributed by atoms with Crippen molar-refractivity contribution >= 4 is 44.0 Å². The number of carbonyl (C=O) groups excluding carboxylic acids is 2. The van der Waals surface area contributed by atoms with Crippen LogP contribution in [0.25, 0.3) is 16.6 Å². The van der Waals surface area contributed by atoms with Gasteiger partial charge in [-0.05, 0) is 51.8 Å². The Morgan fingerprint density at radius 1 is 1.27 bits per heavy atom. The monoisotopic (exact) mass is 526 g/mol. The van der Waals surface area contributed by atoms with E-state index in [-0.39, 0.29) is 30.2 Å². The van der Waals surface area contributed by atoms with Crippen LogP contribution in [-0.2, 0) is 14.6 Å². The molecule has 0 aliphatic carbocycles. The SMILES string of the molecule is CC1=CC(C)=NC(=O)C1CNC(=O)c1cc(C2=CCN(CCS(C)(=O)=O)CC2)nc2c1cnn2C(C)C. The first-order chi connectivity index (χ1) is 17.4. The van der Waals surface area contributed by atoms with Gasteiger partial charge in [-0.1, -0.05) is 11.6 Å². The van der Waals surface area contributed by atoms with Gasteiger partial charge in [-0.25, -0.2) is 23.1 Å². The summed E-state index contributed by atoms with van der Waals surface area (Å²) in [6.07, 6.45) is 7.51. The number of carbonyl (C=O) groups is 2. The topological polar surface area (TPSA) is 127 Å². The van der Waals surface area contributed by atoms with Crippen molar-refractivity contribution in [2.45, 2.75) is 40.2 Å². The third-order valence-electron chi connectivity index (χ3n) is 6.74. The first kappa shape index (κ1) is 26.9. The number of aromatic nitrogens is 3. The number of dihydropyridines is 1. The van der Waals surface area contributed by atoms with Crippen molar-refractivity contribution in [3.63, 3.8) is 0 Å². The number of nitrogens with one attached hydrogen (secondary N) is 1. The van der Waals surface area contributed by atoms with E-state index >= 15 is 0 Å². The van der Waals surface area contributed by atoms with Gasteiger partial charge in [-0.3, -0.25) is 14.5 Å². The van der Waals surface area contributed by atoms with Gasteiger partial charge in [0.05, 0.1) is 34.5 Å². The maximum absolute atomic E-state index is 13.4. The molecule has 2 aromatic heterocycles. The molecule has 2 amide bonds. The average molecular weight is 527 g/mol. The van der Waals surface area contributed by atoms with Crippen LogP contribution in [0.3, 0.4) is 0 Å². The van der Waals surface area contributed by atoms with Gasteiger partial charge in [0.1, 0.15) is 9.84 Å². The molecule has 37 heavy (non-hydrogen) atoms. The van der Waals surface area contributed by atoms with E-state index in [0.29, 0.717) is 54.1 Å². The van der Waals surface area contributed by atoms with Gasteiger partial charge in [0.2, 0.25) is 0 Å². The highest BCUT2D eigenvalue weighted by Crippen LogP contribution is 2.27. The minimum Gasteiger partial charge on any atom is -0.351 e. The molecule has 2 aliphatic heterocycles. The molecule has 0 radical (unpaired) electrons. The summed E-state index contributed by atoms with van der Waals surface area (Å²) in [5.41, 5.74) is 4.34. The lowest BCUT2D eigenvalue weighted by Crippen LogP contribution is -2.35. The molecule has 0 bridgehead atoms. The molecule has 0 saturated heterocycles. The Labute approximate surface area is 217 Å². The fraction of sp³-hybridized carbons (Fsp3) is 0.500. The summed E-state index contributed by atoms with van der Waals surface area (Å²) in [7, 11) is -3.02. The summed E-state index contributed by atoms with van der Waals surface area (Å²) in [6, 6.07) is 1.84. The van der Waals surface area contributed by atoms with E-state index < -0.39 is 15.8 Å². The van der Waals surface area contributed by atoms with E-state index in [0.717, 1.165) is 11.1 Å². The lowest BCUT2D eigenvalue weighted by molar-refractivity contribution is -0.120. The smallest absolute Gasteiger partial charge is 0.254 e. The minimum absolute atomic E-state index is 0.0525. The Kier molecular flexibility index (Phi) is 7.75. The van der Waals surface area contributed by atoms with E-state index in [4.69, 9.17) is 4.98 Å². The van der Waals surface area contributed by atoms with Gasteiger partial charge in [0.25, 0.3) is 11.8 Å². The van der Waals surface area contributed by atoms with Crippen molar-refractivity contribution in [1.82, 2.24) is 25.0 Å². The molecule has 0 saturated carbocycles. The molecule has 4 rings (SSSR count). The third-order valence-corrected chi connectivity index (χ3v) is 7.66. The van der Waals surface area contributed by atoms with Gasteiger partial charge in [-0.2, -0.15) is 5.10 Å². The van der Waals surface area contributed by atoms with Gasteiger partial charge >= 0.3 is 0 Å². The lowest BCUT2D eigenvalue weighted by Gasteiger charge is -2.26. The zero-order chi connectivity index (χ0) is 26.9. The number of rotatable bonds is 8. The molecule has 0 aromatic carbocycles. The van der Waals surface area contributed by atoms with Crippen LogP contribution in [0.15, 0.2) is 35.0 Å². The fourth-order valence-electron chi connectivity index (χ4n) is 4.64. The predicted octanol–water partition coefficient (Wildman–Crippen LogP) is 2.44. The maximum atomic E-state index is 13.4. The molecule has 198 valence electrons. The Morgan fingerprint density at radius 2 is 2.03 bits per heavy atom. The van der Waals surface area contributed by atoms with Crippen molar-refractivity contribution in [3.8, 4) is 0 Å². The average Bonchev–Trinajstić information content (AvgIpc) is 3.25. The van der Waals surface area contributed by atoms with Crippen LogP contribution in [0, 0.1) is 5.92 Å². The first-order valence-corrected chi connectivity index (χ1v) is 14.5. The Morgan fingerprint density at radius 3 is 2.65 bits per heavy atom. The number of aliphatic imine (C=N–C) groups is 1. The molecule has 2 aliphatic rings. The largest absolute Gasteiger partial charge is 0.351 e. The van der Waals surface area contributed by atoms with Crippen molar-refractivity contribution in [1.29, 1.82) is 0 Å². The molecule has 11 heteroatoms. The van der Waals surface area contributed by atoms with Gasteiger partial charge < -0.3 is 5.32 Å². The van der Waals surface area contributed by atoms with E-state index in [1.807, 2.05) is 32.9 Å². The molecular weight excluding hydrogens is 492 g/mol. The van der Waals surface area contributed by atoms with E-state index in [1.54, 1.807) is 23.9 Å². The van der Waals surface area contributed by atoms with Gasteiger partial charge in [0.15, 0.2) is 5.65 Å². The number of hydrogen-bond acceptors (Lipinski definition) is 7. The van der Waals surface area contributed by atoms with Gasteiger partial charge in [-0.15, -0.1) is 0 Å². The summed E-state index contributed by atoms with van der Waals surface area (Å²) in [5, 5.41) is 8.05. The minimum atomic E-state index is -3.02. The summed E-state index contributed by atoms with van der Waals surface area (Å²) >= 11 is 0. The number of hydrogen-bond donors (Lipinski definition) is 1. The standard InChI is InChI=1S/C26H34N6O4S/c1-16(2)32-24-22(15-28-32)20(25(33)27-14-21-17(3)12-18(4)29-26(21)34)13-23(30-24)19-6-8-31(9-7-19)10-11-37(5,35)36/h6,12-13,15-16,21H,7-11,14H2,1-5H3,(H,27,33). The molecule has 0 fully saturated rings. The number of allylic oxidation sites excluding steroid dienone is 1. The molecule has 4 heterocycles. The summed E-state index contributed by atoms with van der Waals surface area (Å²) in [4.78, 5) is 36.8. The predicted molar refractivity (Wildman–Crippen MR) is 144 cm³/mol. The quantitative estimate of drug-likeness (QED) is 0.560. The van der Waals surface area contributed by atoms with Crippen LogP contribution in [0.2, 0.25) is 0 Å². The van der Waals surface area contributed by atoms with Crippen molar-refractivity contribution in [2.24, 2.45) is 10.9 Å². The van der Waals surface area contributed by atoms with Crippen molar-refractivity contribution in [2.75, 3.05) is 38.2 Å². The second kappa shape index (κ2) is 10.7. The summed E-state index contributed by atoms with van der Waals surface area (Å²) in [5.74, 6) is -0.906. The summed E-state index contributed by atoms with van der Waals surface area (Å²) < 4.78 is 24.8. The number of fused-ring (bicyclic) bond motifs is 1. The maximum Gasteiger partial charge on any atom is 0.254 e. The highest BCUT2D eigenvalue weighted by Gasteiger charge is 2.26. The van der Waals surface area contributed by atoms with E-state index in [1.165, 1.54) is 6.26 Å². The number of nitrogens with zero attached hydrogens (tertiary/aromatic N) is 5. The normalized spacial score (nSPS) is 19.1. The Balaban J connectivity index is 1.60. The van der Waals surface area contributed by atoms with Crippen LogP contribution in [0.5, 0.6) is 0 Å². The zero-order valence-electron chi connectivity index (χ0n) is 22.0. The highest BCUT2D eigenvalue weighted by molar-refractivity contribution is 7.90. The summed E-state index contributed by atoms with van der Waals surface area (Å²) in [6.45, 7) is 9.64. The van der Waals surface area contributed by atoms with Gasteiger partial charge in [0, 0.05) is 44.2 Å². The number of sulfone groups is 1. The molecule has 1 unspecified atom stereocenters. The van der Waals surface area contributed by atoms with E-state index in [9.17, 15) is 18.0 Å². The molecule has 0 spiro atoms. The third kappa shape index (κ3) is 6.22. The Bertz CT molecular complexity index is 1430. The zero-order valence-corrected chi connectivity index (χ0v) is 22.8. The number of pyridine rings is 1. The lowest BCUT2D eigenvalue weighted by atomic mass is 9.95. The van der Waals surface area contributed by atoms with Crippen molar-refractivity contribution in [3.05, 3.63) is 41.2 Å². The molecule has 1 N–H and O–H groups in total. The highest BCUT2D eigenvalue weighted by atomic mass is 32.2. The Hall–Kier alpha value is -3.18. The molecule has 10 nitrogen and oxygen atoms in total. The molecule has 2 aromatic rings. The van der Waals surface area contributed by atoms with Crippen molar-refractivity contribution < 1.29 is 18.0 Å². The number of amides is 2.